The summed E-state index contributed by atoms with van der Waals surface area (Å²) >= 11 is 0. The summed E-state index contributed by atoms with van der Waals surface area (Å²) in [4.78, 5) is 16.7. The zero-order chi connectivity index (χ0) is 20.1. The Bertz CT molecular complexity index is 1080. The molecule has 0 aliphatic heterocycles. The molecule has 3 aromatic carbocycles. The van der Waals surface area contributed by atoms with E-state index >= 15 is 0 Å². The van der Waals surface area contributed by atoms with E-state index in [2.05, 4.69) is 22.4 Å². The van der Waals surface area contributed by atoms with Gasteiger partial charge in [0.15, 0.2) is 5.78 Å². The molecule has 4 nitrogen and oxygen atoms in total. The van der Waals surface area contributed by atoms with Crippen molar-refractivity contribution in [3.8, 4) is 5.75 Å². The molecule has 2 N–H and O–H groups in total. The zero-order valence-corrected chi connectivity index (χ0v) is 16.4. The van der Waals surface area contributed by atoms with Gasteiger partial charge in [0.1, 0.15) is 5.75 Å². The van der Waals surface area contributed by atoms with Crippen LogP contribution in [0.5, 0.6) is 5.75 Å². The maximum atomic E-state index is 13.4. The molecule has 1 heterocycles. The molecule has 0 saturated carbocycles. The fraction of sp³-hybridized carbons (Fsp3) is 0.160. The van der Waals surface area contributed by atoms with E-state index < -0.39 is 6.04 Å². The van der Waals surface area contributed by atoms with Crippen LogP contribution in [-0.2, 0) is 6.42 Å². The van der Waals surface area contributed by atoms with Crippen LogP contribution in [0.25, 0.3) is 10.9 Å². The lowest BCUT2D eigenvalue weighted by Crippen LogP contribution is -2.30. The zero-order valence-electron chi connectivity index (χ0n) is 16.4. The number of H-pyrrole nitrogens is 1. The highest BCUT2D eigenvalue weighted by Crippen LogP contribution is 2.24. The molecule has 29 heavy (non-hydrogen) atoms. The molecule has 0 fully saturated rings. The largest absolute Gasteiger partial charge is 0.497 e. The number of carbonyl (C=O) groups excluding carboxylic acids is 1. The summed E-state index contributed by atoms with van der Waals surface area (Å²) < 4.78 is 5.21. The molecule has 0 amide bonds. The van der Waals surface area contributed by atoms with Gasteiger partial charge in [-0.15, -0.1) is 0 Å². The van der Waals surface area contributed by atoms with E-state index in [1.54, 1.807) is 7.11 Å². The second kappa shape index (κ2) is 8.76. The van der Waals surface area contributed by atoms with Gasteiger partial charge < -0.3 is 15.0 Å². The summed E-state index contributed by atoms with van der Waals surface area (Å²) in [5.41, 5.74) is 3.86. The number of carbonyl (C=O) groups is 1. The first kappa shape index (κ1) is 19.0. The quantitative estimate of drug-likeness (QED) is 0.423. The van der Waals surface area contributed by atoms with E-state index in [4.69, 9.17) is 4.74 Å². The molecule has 0 saturated heterocycles. The van der Waals surface area contributed by atoms with E-state index in [1.807, 2.05) is 72.9 Å². The smallest absolute Gasteiger partial charge is 0.186 e. The van der Waals surface area contributed by atoms with Gasteiger partial charge in [-0.25, -0.2) is 0 Å². The third-order valence-electron chi connectivity index (χ3n) is 5.17. The predicted molar refractivity (Wildman–Crippen MR) is 117 cm³/mol. The van der Waals surface area contributed by atoms with E-state index in [-0.39, 0.29) is 5.78 Å². The van der Waals surface area contributed by atoms with Crippen LogP contribution in [0.2, 0.25) is 0 Å². The number of ketones is 1. The van der Waals surface area contributed by atoms with Gasteiger partial charge in [-0.3, -0.25) is 4.79 Å². The van der Waals surface area contributed by atoms with Gasteiger partial charge in [0, 0.05) is 29.2 Å². The van der Waals surface area contributed by atoms with Crippen molar-refractivity contribution in [2.75, 3.05) is 13.7 Å². The summed E-state index contributed by atoms with van der Waals surface area (Å²) in [7, 11) is 1.66. The molecule has 4 rings (SSSR count). The topological polar surface area (TPSA) is 54.1 Å². The van der Waals surface area contributed by atoms with Crippen LogP contribution >= 0.6 is 0 Å². The first-order valence-electron chi connectivity index (χ1n) is 9.78. The van der Waals surface area contributed by atoms with Gasteiger partial charge in [-0.05, 0) is 35.7 Å². The molecule has 0 bridgehead atoms. The summed E-state index contributed by atoms with van der Waals surface area (Å²) in [6.45, 7) is 0.694. The monoisotopic (exact) mass is 384 g/mol. The molecule has 0 spiro atoms. The minimum Gasteiger partial charge on any atom is -0.497 e. The number of hydrogen-bond donors (Lipinski definition) is 2. The molecular weight excluding hydrogens is 360 g/mol. The van der Waals surface area contributed by atoms with Gasteiger partial charge in [0.25, 0.3) is 0 Å². The maximum absolute atomic E-state index is 13.4. The average Bonchev–Trinajstić information content (AvgIpc) is 3.21. The third-order valence-corrected chi connectivity index (χ3v) is 5.17. The Morgan fingerprint density at radius 3 is 2.45 bits per heavy atom. The number of nitrogens with one attached hydrogen (secondary N) is 2. The van der Waals surface area contributed by atoms with E-state index in [0.717, 1.165) is 28.6 Å². The van der Waals surface area contributed by atoms with Crippen LogP contribution < -0.4 is 10.1 Å². The number of hydrogen-bond acceptors (Lipinski definition) is 3. The van der Waals surface area contributed by atoms with Crippen LogP contribution in [0.4, 0.5) is 0 Å². The van der Waals surface area contributed by atoms with Crippen LogP contribution in [-0.4, -0.2) is 24.4 Å². The fourth-order valence-electron chi connectivity index (χ4n) is 3.59. The molecule has 146 valence electrons. The maximum Gasteiger partial charge on any atom is 0.186 e. The van der Waals surface area contributed by atoms with Gasteiger partial charge in [0.2, 0.25) is 0 Å². The van der Waals surface area contributed by atoms with Crippen molar-refractivity contribution in [2.24, 2.45) is 0 Å². The normalized spacial score (nSPS) is 12.0. The Kier molecular flexibility index (Phi) is 5.73. The third kappa shape index (κ3) is 4.23. The number of benzene rings is 3. The van der Waals surface area contributed by atoms with Crippen LogP contribution in [0.15, 0.2) is 85.1 Å². The average molecular weight is 384 g/mol. The molecule has 4 heteroatoms. The van der Waals surface area contributed by atoms with Crippen molar-refractivity contribution in [3.63, 3.8) is 0 Å². The summed E-state index contributed by atoms with van der Waals surface area (Å²) in [6.07, 6.45) is 2.64. The number of ether oxygens (including phenoxy) is 1. The standard InChI is InChI=1S/C25H24N2O2/c1-29-20-13-11-18(12-14-20)15-16-26-24(19-7-3-2-4-8-19)25(28)22-17-27-23-10-6-5-9-21(22)23/h2-14,17,24,26-27H,15-16H2,1H3/t24-/m0/s1. The fourth-order valence-corrected chi connectivity index (χ4v) is 3.59. The van der Waals surface area contributed by atoms with Crippen molar-refractivity contribution in [1.29, 1.82) is 0 Å². The number of Topliss-reactive ketones (excluding diaryl/α,β-unsaturated/α-hetero) is 1. The number of aromatic nitrogens is 1. The molecule has 0 aliphatic rings. The molecule has 4 aromatic rings. The highest BCUT2D eigenvalue weighted by molar-refractivity contribution is 6.10. The molecular formula is C25H24N2O2. The molecule has 1 aromatic heterocycles. The Labute approximate surface area is 170 Å². The highest BCUT2D eigenvalue weighted by Gasteiger charge is 2.23. The van der Waals surface area contributed by atoms with Crippen LogP contribution in [0, 0.1) is 0 Å². The highest BCUT2D eigenvalue weighted by atomic mass is 16.5. The van der Waals surface area contributed by atoms with E-state index in [0.29, 0.717) is 12.1 Å². The van der Waals surface area contributed by atoms with E-state index in [1.165, 1.54) is 5.56 Å². The first-order valence-corrected chi connectivity index (χ1v) is 9.78. The van der Waals surface area contributed by atoms with Crippen molar-refractivity contribution >= 4 is 16.7 Å². The molecule has 1 atom stereocenters. The SMILES string of the molecule is COc1ccc(CCN[C@H](C(=O)c2c[nH]c3ccccc23)c2ccccc2)cc1. The number of rotatable bonds is 8. The minimum absolute atomic E-state index is 0.0726. The molecule has 0 radical (unpaired) electrons. The Balaban J connectivity index is 1.54. The Morgan fingerprint density at radius 1 is 0.966 bits per heavy atom. The second-order valence-electron chi connectivity index (χ2n) is 7.01. The van der Waals surface area contributed by atoms with Gasteiger partial charge >= 0.3 is 0 Å². The van der Waals surface area contributed by atoms with Gasteiger partial charge in [-0.1, -0.05) is 60.7 Å². The lowest BCUT2D eigenvalue weighted by Gasteiger charge is -2.18. The Hall–Kier alpha value is -3.37. The predicted octanol–water partition coefficient (Wildman–Crippen LogP) is 4.93. The molecule has 0 aliphatic carbocycles. The Morgan fingerprint density at radius 2 is 1.69 bits per heavy atom. The van der Waals surface area contributed by atoms with Crippen LogP contribution in [0.3, 0.4) is 0 Å². The minimum atomic E-state index is -0.395. The number of para-hydroxylation sites is 1. The first-order chi connectivity index (χ1) is 14.3. The number of aromatic amines is 1. The lowest BCUT2D eigenvalue weighted by molar-refractivity contribution is 0.0945. The van der Waals surface area contributed by atoms with Gasteiger partial charge in [-0.2, -0.15) is 0 Å². The van der Waals surface area contributed by atoms with Crippen molar-refractivity contribution in [2.45, 2.75) is 12.5 Å². The van der Waals surface area contributed by atoms with Crippen molar-refractivity contribution in [3.05, 3.63) is 102 Å². The summed E-state index contributed by atoms with van der Waals surface area (Å²) in [6, 6.07) is 25.4. The lowest BCUT2D eigenvalue weighted by atomic mass is 9.96. The second-order valence-corrected chi connectivity index (χ2v) is 7.01. The molecule has 0 unspecified atom stereocenters. The summed E-state index contributed by atoms with van der Waals surface area (Å²) in [5, 5.41) is 4.43. The van der Waals surface area contributed by atoms with Gasteiger partial charge in [0.05, 0.1) is 13.2 Å². The number of methoxy groups -OCH3 is 1. The van der Waals surface area contributed by atoms with Crippen LogP contribution in [0.1, 0.15) is 27.5 Å². The van der Waals surface area contributed by atoms with E-state index in [9.17, 15) is 4.79 Å². The van der Waals surface area contributed by atoms with Crippen molar-refractivity contribution < 1.29 is 9.53 Å². The van der Waals surface area contributed by atoms with Crippen molar-refractivity contribution in [1.82, 2.24) is 10.3 Å². The summed E-state index contributed by atoms with van der Waals surface area (Å²) in [5.74, 6) is 0.918. The number of fused-ring (bicyclic) bond motifs is 1.